The molecule has 1 aromatic heterocycles. The van der Waals surface area contributed by atoms with Gasteiger partial charge in [0.15, 0.2) is 0 Å². The van der Waals surface area contributed by atoms with Crippen LogP contribution >= 0.6 is 0 Å². The molecule has 4 nitrogen and oxygen atoms in total. The maximum absolute atomic E-state index is 11.7. The molecule has 2 rings (SSSR count). The average molecular weight is 234 g/mol. The number of hydrogen-bond donors (Lipinski definition) is 2. The topological polar surface area (TPSA) is 62.2 Å². The van der Waals surface area contributed by atoms with Crippen LogP contribution in [0.25, 0.3) is 0 Å². The Balaban J connectivity index is 1.79. The van der Waals surface area contributed by atoms with Gasteiger partial charge in [-0.1, -0.05) is 25.7 Å². The largest absolute Gasteiger partial charge is 0.505 e. The molecule has 1 saturated carbocycles. The van der Waals surface area contributed by atoms with E-state index in [1.165, 1.54) is 44.1 Å². The first-order valence-electron chi connectivity index (χ1n) is 6.18. The summed E-state index contributed by atoms with van der Waals surface area (Å²) in [5.74, 6) is 0.482. The van der Waals surface area contributed by atoms with Crippen LogP contribution in [0.3, 0.4) is 0 Å². The SMILES string of the molecule is O=C(NCCC1CCCC1)c1ccncc1O. The van der Waals surface area contributed by atoms with E-state index >= 15 is 0 Å². The third-order valence-corrected chi connectivity index (χ3v) is 3.36. The summed E-state index contributed by atoms with van der Waals surface area (Å²) in [6, 6.07) is 1.53. The Bertz CT molecular complexity index is 387. The molecule has 1 aromatic rings. The van der Waals surface area contributed by atoms with Crippen molar-refractivity contribution >= 4 is 5.91 Å². The van der Waals surface area contributed by atoms with Crippen molar-refractivity contribution in [3.63, 3.8) is 0 Å². The molecule has 1 amide bonds. The van der Waals surface area contributed by atoms with Crippen molar-refractivity contribution in [2.24, 2.45) is 5.92 Å². The molecule has 0 saturated heterocycles. The Morgan fingerprint density at radius 1 is 1.47 bits per heavy atom. The molecule has 1 aliphatic carbocycles. The molecular formula is C13H18N2O2. The van der Waals surface area contributed by atoms with E-state index in [0.717, 1.165) is 12.3 Å². The highest BCUT2D eigenvalue weighted by molar-refractivity contribution is 5.96. The maximum atomic E-state index is 11.7. The van der Waals surface area contributed by atoms with Crippen LogP contribution in [0.2, 0.25) is 0 Å². The van der Waals surface area contributed by atoms with Gasteiger partial charge in [-0.25, -0.2) is 0 Å². The van der Waals surface area contributed by atoms with Crippen LogP contribution in [0, 0.1) is 5.92 Å². The minimum absolute atomic E-state index is 0.0640. The van der Waals surface area contributed by atoms with Gasteiger partial charge >= 0.3 is 0 Å². The molecule has 0 radical (unpaired) electrons. The summed E-state index contributed by atoms with van der Waals surface area (Å²) < 4.78 is 0. The Labute approximate surface area is 101 Å². The fourth-order valence-electron chi connectivity index (χ4n) is 2.36. The molecular weight excluding hydrogens is 216 g/mol. The normalized spacial score (nSPS) is 16.0. The Morgan fingerprint density at radius 3 is 2.94 bits per heavy atom. The van der Waals surface area contributed by atoms with Crippen LogP contribution < -0.4 is 5.32 Å². The molecule has 1 heterocycles. The third kappa shape index (κ3) is 3.19. The van der Waals surface area contributed by atoms with Crippen LogP contribution in [0.1, 0.15) is 42.5 Å². The monoisotopic (exact) mass is 234 g/mol. The summed E-state index contributed by atoms with van der Waals surface area (Å²) in [7, 11) is 0. The van der Waals surface area contributed by atoms with Gasteiger partial charge in [-0.05, 0) is 18.4 Å². The summed E-state index contributed by atoms with van der Waals surface area (Å²) >= 11 is 0. The van der Waals surface area contributed by atoms with E-state index in [0.29, 0.717) is 12.1 Å². The van der Waals surface area contributed by atoms with Crippen molar-refractivity contribution in [1.82, 2.24) is 10.3 Å². The lowest BCUT2D eigenvalue weighted by atomic mass is 10.0. The van der Waals surface area contributed by atoms with Crippen molar-refractivity contribution in [3.8, 4) is 5.75 Å². The smallest absolute Gasteiger partial charge is 0.255 e. The number of nitrogens with one attached hydrogen (secondary N) is 1. The van der Waals surface area contributed by atoms with Gasteiger partial charge in [0.25, 0.3) is 5.91 Å². The van der Waals surface area contributed by atoms with E-state index in [9.17, 15) is 9.90 Å². The summed E-state index contributed by atoms with van der Waals surface area (Å²) in [6.07, 6.45) is 9.05. The number of rotatable bonds is 4. The van der Waals surface area contributed by atoms with Gasteiger partial charge in [0.1, 0.15) is 5.75 Å². The van der Waals surface area contributed by atoms with E-state index in [1.807, 2.05) is 0 Å². The summed E-state index contributed by atoms with van der Waals surface area (Å²) in [4.78, 5) is 15.5. The molecule has 4 heteroatoms. The molecule has 0 unspecified atom stereocenters. The number of carbonyl (C=O) groups excluding carboxylic acids is 1. The maximum Gasteiger partial charge on any atom is 0.255 e. The first-order chi connectivity index (χ1) is 8.27. The van der Waals surface area contributed by atoms with Gasteiger partial charge in [0.05, 0.1) is 11.8 Å². The quantitative estimate of drug-likeness (QED) is 0.838. The number of nitrogens with zero attached hydrogens (tertiary/aromatic N) is 1. The Kier molecular flexibility index (Phi) is 3.96. The van der Waals surface area contributed by atoms with Crippen LogP contribution in [-0.4, -0.2) is 22.5 Å². The van der Waals surface area contributed by atoms with E-state index in [2.05, 4.69) is 10.3 Å². The second-order valence-corrected chi connectivity index (χ2v) is 4.59. The first kappa shape index (κ1) is 11.9. The highest BCUT2D eigenvalue weighted by Crippen LogP contribution is 2.26. The highest BCUT2D eigenvalue weighted by Gasteiger charge is 2.15. The van der Waals surface area contributed by atoms with Crippen LogP contribution in [0.4, 0.5) is 0 Å². The molecule has 0 spiro atoms. The molecule has 2 N–H and O–H groups in total. The minimum Gasteiger partial charge on any atom is -0.505 e. The lowest BCUT2D eigenvalue weighted by molar-refractivity contribution is 0.0948. The molecule has 0 aliphatic heterocycles. The number of aromatic nitrogens is 1. The highest BCUT2D eigenvalue weighted by atomic mass is 16.3. The Morgan fingerprint density at radius 2 is 2.24 bits per heavy atom. The van der Waals surface area contributed by atoms with E-state index < -0.39 is 0 Å². The van der Waals surface area contributed by atoms with Crippen molar-refractivity contribution < 1.29 is 9.90 Å². The summed E-state index contributed by atoms with van der Waals surface area (Å²) in [5, 5.41) is 12.3. The van der Waals surface area contributed by atoms with Gasteiger partial charge in [-0.2, -0.15) is 0 Å². The van der Waals surface area contributed by atoms with Crippen LogP contribution in [-0.2, 0) is 0 Å². The van der Waals surface area contributed by atoms with E-state index in [1.54, 1.807) is 0 Å². The number of amides is 1. The standard InChI is InChI=1S/C13H18N2O2/c16-12-9-14-7-6-11(12)13(17)15-8-5-10-3-1-2-4-10/h6-7,9-10,16H,1-5,8H2,(H,15,17). The summed E-state index contributed by atoms with van der Waals surface area (Å²) in [5.41, 5.74) is 0.298. The molecule has 1 aliphatic rings. The lowest BCUT2D eigenvalue weighted by Gasteiger charge is -2.10. The van der Waals surface area contributed by atoms with Gasteiger partial charge in [-0.15, -0.1) is 0 Å². The number of carbonyl (C=O) groups is 1. The fraction of sp³-hybridized carbons (Fsp3) is 0.538. The van der Waals surface area contributed by atoms with Crippen molar-refractivity contribution in [2.75, 3.05) is 6.54 Å². The molecule has 0 bridgehead atoms. The zero-order chi connectivity index (χ0) is 12.1. The second kappa shape index (κ2) is 5.66. The predicted octanol–water partition coefficient (Wildman–Crippen LogP) is 2.10. The number of pyridine rings is 1. The first-order valence-corrected chi connectivity index (χ1v) is 6.18. The van der Waals surface area contributed by atoms with Crippen molar-refractivity contribution in [3.05, 3.63) is 24.0 Å². The molecule has 0 atom stereocenters. The lowest BCUT2D eigenvalue weighted by Crippen LogP contribution is -2.25. The molecule has 1 fully saturated rings. The van der Waals surface area contributed by atoms with Gasteiger partial charge in [0, 0.05) is 12.7 Å². The van der Waals surface area contributed by atoms with E-state index in [4.69, 9.17) is 0 Å². The predicted molar refractivity (Wildman–Crippen MR) is 64.8 cm³/mol. The van der Waals surface area contributed by atoms with Gasteiger partial charge < -0.3 is 10.4 Å². The molecule has 92 valence electrons. The molecule has 0 aromatic carbocycles. The van der Waals surface area contributed by atoms with Gasteiger partial charge in [0.2, 0.25) is 0 Å². The zero-order valence-corrected chi connectivity index (χ0v) is 9.85. The Hall–Kier alpha value is -1.58. The van der Waals surface area contributed by atoms with E-state index in [-0.39, 0.29) is 11.7 Å². The average Bonchev–Trinajstić information content (AvgIpc) is 2.82. The van der Waals surface area contributed by atoms with Crippen LogP contribution in [0.15, 0.2) is 18.5 Å². The third-order valence-electron chi connectivity index (χ3n) is 3.36. The fourth-order valence-corrected chi connectivity index (χ4v) is 2.36. The zero-order valence-electron chi connectivity index (χ0n) is 9.85. The number of hydrogen-bond acceptors (Lipinski definition) is 3. The summed E-state index contributed by atoms with van der Waals surface area (Å²) in [6.45, 7) is 0.686. The van der Waals surface area contributed by atoms with Crippen molar-refractivity contribution in [2.45, 2.75) is 32.1 Å². The molecule has 17 heavy (non-hydrogen) atoms. The van der Waals surface area contributed by atoms with Crippen LogP contribution in [0.5, 0.6) is 5.75 Å². The van der Waals surface area contributed by atoms with Crippen molar-refractivity contribution in [1.29, 1.82) is 0 Å². The second-order valence-electron chi connectivity index (χ2n) is 4.59. The number of aromatic hydroxyl groups is 1. The van der Waals surface area contributed by atoms with Gasteiger partial charge in [-0.3, -0.25) is 9.78 Å². The minimum atomic E-state index is -0.220.